The molecule has 0 aromatic heterocycles. The minimum Gasteiger partial charge on any atom is -0.506 e. The summed E-state index contributed by atoms with van der Waals surface area (Å²) in [7, 11) is 0. The molecule has 3 saturated carbocycles. The first kappa shape index (κ1) is 39.2. The van der Waals surface area contributed by atoms with Crippen LogP contribution in [0.4, 0.5) is 0 Å². The Kier molecular flexibility index (Phi) is 9.99. The van der Waals surface area contributed by atoms with Crippen LogP contribution in [0.1, 0.15) is 134 Å². The van der Waals surface area contributed by atoms with E-state index in [2.05, 4.69) is 37.8 Å². The summed E-state index contributed by atoms with van der Waals surface area (Å²) in [6.45, 7) is 17.4. The van der Waals surface area contributed by atoms with Gasteiger partial charge in [-0.3, -0.25) is 19.3 Å². The van der Waals surface area contributed by atoms with E-state index in [0.717, 1.165) is 83.1 Å². The van der Waals surface area contributed by atoms with E-state index in [0.29, 0.717) is 35.5 Å². The quantitative estimate of drug-likeness (QED) is 0.198. The third kappa shape index (κ3) is 6.04. The van der Waals surface area contributed by atoms with E-state index in [-0.39, 0.29) is 47.2 Å². The Labute approximate surface area is 333 Å². The number of ether oxygens (including phenoxy) is 3. The first-order valence-corrected chi connectivity index (χ1v) is 21.4. The van der Waals surface area contributed by atoms with Gasteiger partial charge in [0, 0.05) is 43.0 Å². The fourth-order valence-electron chi connectivity index (χ4n) is 11.6. The number of nitrogens with zero attached hydrogens (tertiary/aromatic N) is 2. The highest BCUT2D eigenvalue weighted by atomic mass is 16.6. The van der Waals surface area contributed by atoms with Crippen LogP contribution in [0.15, 0.2) is 41.5 Å². The maximum atomic E-state index is 15.8. The number of rotatable bonds is 9. The van der Waals surface area contributed by atoms with Gasteiger partial charge in [-0.05, 0) is 138 Å². The summed E-state index contributed by atoms with van der Waals surface area (Å²) in [5.41, 5.74) is -0.631. The van der Waals surface area contributed by atoms with Crippen LogP contribution < -0.4 is 9.47 Å². The van der Waals surface area contributed by atoms with Crippen molar-refractivity contribution in [2.75, 3.05) is 26.2 Å². The molecule has 9 heteroatoms. The van der Waals surface area contributed by atoms with Crippen molar-refractivity contribution >= 4 is 23.5 Å². The van der Waals surface area contributed by atoms with Crippen molar-refractivity contribution in [2.45, 2.75) is 148 Å². The van der Waals surface area contributed by atoms with E-state index in [1.54, 1.807) is 12.2 Å². The number of hydrogen-bond donors (Lipinski definition) is 1. The van der Waals surface area contributed by atoms with Crippen LogP contribution in [0.25, 0.3) is 6.08 Å². The molecule has 8 aliphatic rings. The number of allylic oxidation sites excluding steroid dienone is 4. The molecule has 302 valence electrons. The minimum absolute atomic E-state index is 0.0310. The van der Waals surface area contributed by atoms with Gasteiger partial charge in [0.1, 0.15) is 28.4 Å². The number of hydrogen-bond acceptors (Lipinski definition) is 8. The predicted octanol–water partition coefficient (Wildman–Crippen LogP) is 8.32. The summed E-state index contributed by atoms with van der Waals surface area (Å²) in [6.07, 6.45) is 20.5. The van der Waals surface area contributed by atoms with Crippen LogP contribution >= 0.6 is 0 Å². The van der Waals surface area contributed by atoms with Gasteiger partial charge >= 0.3 is 0 Å². The molecule has 3 aliphatic carbocycles. The van der Waals surface area contributed by atoms with Crippen molar-refractivity contribution in [1.29, 1.82) is 0 Å². The number of piperidine rings is 2. The second-order valence-electron chi connectivity index (χ2n) is 18.9. The number of phenols is 1. The molecule has 7 atom stereocenters. The summed E-state index contributed by atoms with van der Waals surface area (Å²) in [5, 5.41) is 12.3. The van der Waals surface area contributed by atoms with E-state index in [1.807, 2.05) is 44.7 Å². The molecule has 0 radical (unpaired) electrons. The van der Waals surface area contributed by atoms with Crippen molar-refractivity contribution in [2.24, 2.45) is 17.8 Å². The van der Waals surface area contributed by atoms with Gasteiger partial charge in [-0.1, -0.05) is 35.8 Å². The average Bonchev–Trinajstić information content (AvgIpc) is 3.30. The number of amides is 1. The lowest BCUT2D eigenvalue weighted by atomic mass is 9.44. The number of Topliss-reactive ketones (excluding diaryl/α,β-unsaturated/α-hetero) is 2. The summed E-state index contributed by atoms with van der Waals surface area (Å²) >= 11 is 0. The molecule has 5 aliphatic heterocycles. The highest BCUT2D eigenvalue weighted by Crippen LogP contribution is 2.71. The molecule has 5 heterocycles. The van der Waals surface area contributed by atoms with Gasteiger partial charge in [0.15, 0.2) is 22.8 Å². The van der Waals surface area contributed by atoms with Crippen molar-refractivity contribution in [3.8, 4) is 17.2 Å². The highest BCUT2D eigenvalue weighted by molar-refractivity contribution is 6.10. The lowest BCUT2D eigenvalue weighted by Gasteiger charge is -2.64. The molecule has 3 saturated heterocycles. The number of fused-ring (bicyclic) bond motifs is 2. The van der Waals surface area contributed by atoms with Crippen molar-refractivity contribution in [3.05, 3.63) is 58.2 Å². The zero-order valence-corrected chi connectivity index (χ0v) is 34.7. The highest BCUT2D eigenvalue weighted by Gasteiger charge is 2.85. The number of benzene rings is 1. The van der Waals surface area contributed by atoms with Crippen LogP contribution in [0.3, 0.4) is 0 Å². The van der Waals surface area contributed by atoms with Crippen LogP contribution in [0.2, 0.25) is 0 Å². The Morgan fingerprint density at radius 2 is 1.59 bits per heavy atom. The summed E-state index contributed by atoms with van der Waals surface area (Å²) in [6, 6.07) is -0.383. The van der Waals surface area contributed by atoms with Crippen molar-refractivity contribution in [1.82, 2.24) is 9.80 Å². The molecule has 1 amide bonds. The van der Waals surface area contributed by atoms with Gasteiger partial charge in [-0.15, -0.1) is 0 Å². The molecule has 9 rings (SSSR count). The van der Waals surface area contributed by atoms with E-state index >= 15 is 9.59 Å². The predicted molar refractivity (Wildman–Crippen MR) is 217 cm³/mol. The molecular formula is C47H62N2O7. The topological polar surface area (TPSA) is 106 Å². The minimum atomic E-state index is -1.51. The molecule has 1 aromatic carbocycles. The van der Waals surface area contributed by atoms with E-state index in [4.69, 9.17) is 14.2 Å². The summed E-state index contributed by atoms with van der Waals surface area (Å²) < 4.78 is 21.7. The van der Waals surface area contributed by atoms with Gasteiger partial charge in [0.2, 0.25) is 5.91 Å². The Bertz CT molecular complexity index is 1920. The van der Waals surface area contributed by atoms with Crippen LogP contribution in [0.5, 0.6) is 17.2 Å². The van der Waals surface area contributed by atoms with Gasteiger partial charge in [-0.2, -0.15) is 0 Å². The van der Waals surface area contributed by atoms with E-state index in [1.165, 1.54) is 5.57 Å². The Hall–Kier alpha value is -3.69. The third-order valence-electron chi connectivity index (χ3n) is 14.2. The lowest BCUT2D eigenvalue weighted by Crippen LogP contribution is -2.82. The van der Waals surface area contributed by atoms with Crippen LogP contribution in [-0.2, 0) is 20.7 Å². The normalized spacial score (nSPS) is 34.0. The summed E-state index contributed by atoms with van der Waals surface area (Å²) in [4.78, 5) is 48.9. The van der Waals surface area contributed by atoms with Crippen molar-refractivity contribution in [3.63, 3.8) is 0 Å². The number of phenolic OH excluding ortho intramolecular Hbond substituents is 1. The molecule has 9 nitrogen and oxygen atoms in total. The monoisotopic (exact) mass is 766 g/mol. The second kappa shape index (κ2) is 14.3. The molecule has 4 bridgehead atoms. The maximum absolute atomic E-state index is 15.8. The first-order chi connectivity index (χ1) is 26.6. The maximum Gasteiger partial charge on any atom is 0.246 e. The Morgan fingerprint density at radius 1 is 0.911 bits per heavy atom. The summed E-state index contributed by atoms with van der Waals surface area (Å²) in [5.74, 6) is -1.09. The largest absolute Gasteiger partial charge is 0.506 e. The standard InChI is InChI=1S/C47H62N2O7/c1-29(2)16-14-21-45(7)23-20-31-39(51)36-40(52)37-38(49-26-12-9-13-27-49)33-28-34-44(5,6)56-46(43(33)53,22-15-17-35(50)48-24-10-8-11-25-48)47(34,37)55-42(36)32(41(31)54-45)19-18-30(3)4/h15-18,20,23,33-34,37-38,51H,8-14,19,21-22,24-28H2,1-7H3/b17-15+/t33-,34?,37?,38?,45+,46-,47-/m0/s1. The van der Waals surface area contributed by atoms with Gasteiger partial charge in [0.05, 0.1) is 17.1 Å². The SMILES string of the molecule is CC(C)=CCC[C@]1(C)C=Cc2c(O)c3c(c(CC=C(C)C)c2O1)O[C@]12C(C3=O)C(N3CCCCC3)[C@@H]3CC1C(C)(C)O[C@@]2(C/C=C/C(=O)N1CCCCC1)C3=O. The third-order valence-corrected chi connectivity index (χ3v) is 14.2. The number of aromatic hydroxyl groups is 1. The lowest BCUT2D eigenvalue weighted by molar-refractivity contribution is -0.214. The average molecular weight is 767 g/mol. The molecule has 6 fully saturated rings. The second-order valence-corrected chi connectivity index (χ2v) is 18.9. The molecule has 1 N–H and O–H groups in total. The zero-order valence-electron chi connectivity index (χ0n) is 34.7. The van der Waals surface area contributed by atoms with Gasteiger partial charge in [-0.25, -0.2) is 0 Å². The Morgan fingerprint density at radius 3 is 2.27 bits per heavy atom. The molecular weight excluding hydrogens is 705 g/mol. The fraction of sp³-hybridized carbons (Fsp3) is 0.638. The Balaban J connectivity index is 1.31. The number of carbonyl (C=O) groups excluding carboxylic acids is 3. The van der Waals surface area contributed by atoms with E-state index in [9.17, 15) is 9.90 Å². The smallest absolute Gasteiger partial charge is 0.246 e. The molecule has 1 aromatic rings. The number of ketones is 2. The van der Waals surface area contributed by atoms with E-state index < -0.39 is 34.2 Å². The fourth-order valence-corrected chi connectivity index (χ4v) is 11.6. The number of carbonyl (C=O) groups is 3. The van der Waals surface area contributed by atoms with Crippen LogP contribution in [-0.4, -0.2) is 87.0 Å². The molecule has 1 spiro atoms. The molecule has 3 unspecified atom stereocenters. The van der Waals surface area contributed by atoms with Gasteiger partial charge < -0.3 is 24.2 Å². The van der Waals surface area contributed by atoms with Crippen molar-refractivity contribution < 1.29 is 33.7 Å². The zero-order chi connectivity index (χ0) is 39.8. The number of likely N-dealkylation sites (tertiary alicyclic amines) is 2. The van der Waals surface area contributed by atoms with Crippen LogP contribution in [0, 0.1) is 17.8 Å². The molecule has 56 heavy (non-hydrogen) atoms. The van der Waals surface area contributed by atoms with Gasteiger partial charge in [0.25, 0.3) is 0 Å². The first-order valence-electron chi connectivity index (χ1n) is 21.4.